The molecule has 1 aliphatic rings. The first-order valence-electron chi connectivity index (χ1n) is 9.08. The highest BCUT2D eigenvalue weighted by atomic mass is 15.3. The van der Waals surface area contributed by atoms with Crippen LogP contribution in [0.15, 0.2) is 54.6 Å². The van der Waals surface area contributed by atoms with Gasteiger partial charge in [0.15, 0.2) is 0 Å². The molecule has 3 aromatic rings. The van der Waals surface area contributed by atoms with Crippen LogP contribution in [0.1, 0.15) is 16.8 Å². The third-order valence-electron chi connectivity index (χ3n) is 5.12. The van der Waals surface area contributed by atoms with Crippen molar-refractivity contribution in [2.45, 2.75) is 20.4 Å². The van der Waals surface area contributed by atoms with Gasteiger partial charge in [-0.1, -0.05) is 36.4 Å². The van der Waals surface area contributed by atoms with Crippen molar-refractivity contribution in [3.05, 3.63) is 71.4 Å². The predicted octanol–water partition coefficient (Wildman–Crippen LogP) is 4.17. The lowest BCUT2D eigenvalue weighted by Gasteiger charge is -2.36. The van der Waals surface area contributed by atoms with Crippen LogP contribution in [0, 0.1) is 13.8 Å². The van der Waals surface area contributed by atoms with E-state index in [4.69, 9.17) is 4.98 Å². The zero-order chi connectivity index (χ0) is 17.2. The monoisotopic (exact) mass is 331 g/mol. The lowest BCUT2D eigenvalue weighted by molar-refractivity contribution is 0.247. The molecule has 1 aromatic heterocycles. The van der Waals surface area contributed by atoms with E-state index in [0.29, 0.717) is 0 Å². The van der Waals surface area contributed by atoms with Crippen LogP contribution in [-0.4, -0.2) is 36.1 Å². The Kier molecular flexibility index (Phi) is 4.41. The number of pyridine rings is 1. The highest BCUT2D eigenvalue weighted by Crippen LogP contribution is 2.23. The van der Waals surface area contributed by atoms with E-state index in [1.807, 2.05) is 0 Å². The molecular formula is C22H25N3. The fraction of sp³-hybridized carbons (Fsp3) is 0.318. The van der Waals surface area contributed by atoms with E-state index in [0.717, 1.165) is 38.2 Å². The standard InChI is InChI=1S/C22H25N3/c1-17-7-8-18(2)22(15-17)25-13-11-24(12-14-25)16-20-10-9-19-5-3-4-6-21(19)23-20/h3-10,15H,11-14,16H2,1-2H3. The molecule has 2 heterocycles. The summed E-state index contributed by atoms with van der Waals surface area (Å²) >= 11 is 0. The fourth-order valence-corrected chi connectivity index (χ4v) is 3.63. The first-order valence-corrected chi connectivity index (χ1v) is 9.08. The van der Waals surface area contributed by atoms with Crippen molar-refractivity contribution in [3.8, 4) is 0 Å². The Balaban J connectivity index is 1.42. The summed E-state index contributed by atoms with van der Waals surface area (Å²) in [4.78, 5) is 9.85. The molecule has 1 fully saturated rings. The lowest BCUT2D eigenvalue weighted by Crippen LogP contribution is -2.46. The molecule has 3 heteroatoms. The second-order valence-electron chi connectivity index (χ2n) is 7.05. The molecule has 0 bridgehead atoms. The second-order valence-corrected chi connectivity index (χ2v) is 7.05. The highest BCUT2D eigenvalue weighted by molar-refractivity contribution is 5.78. The SMILES string of the molecule is Cc1ccc(C)c(N2CCN(Cc3ccc4ccccc4n3)CC2)c1. The van der Waals surface area contributed by atoms with Gasteiger partial charge in [-0.15, -0.1) is 0 Å². The van der Waals surface area contributed by atoms with E-state index in [1.165, 1.54) is 27.9 Å². The molecule has 0 unspecified atom stereocenters. The second kappa shape index (κ2) is 6.85. The van der Waals surface area contributed by atoms with Crippen molar-refractivity contribution < 1.29 is 0 Å². The molecule has 0 radical (unpaired) electrons. The summed E-state index contributed by atoms with van der Waals surface area (Å²) in [7, 11) is 0. The zero-order valence-corrected chi connectivity index (χ0v) is 15.1. The minimum Gasteiger partial charge on any atom is -0.369 e. The van der Waals surface area contributed by atoms with Crippen LogP contribution >= 0.6 is 0 Å². The minimum absolute atomic E-state index is 0.936. The molecule has 4 rings (SSSR count). The Hall–Kier alpha value is -2.39. The normalized spacial score (nSPS) is 15.7. The summed E-state index contributed by atoms with van der Waals surface area (Å²) in [6, 6.07) is 19.4. The summed E-state index contributed by atoms with van der Waals surface area (Å²) in [6.07, 6.45) is 0. The number of aryl methyl sites for hydroxylation is 2. The molecule has 3 nitrogen and oxygen atoms in total. The van der Waals surface area contributed by atoms with Gasteiger partial charge in [0.1, 0.15) is 0 Å². The van der Waals surface area contributed by atoms with E-state index >= 15 is 0 Å². The number of rotatable bonds is 3. The van der Waals surface area contributed by atoms with Gasteiger partial charge in [-0.25, -0.2) is 0 Å². The van der Waals surface area contributed by atoms with Crippen molar-refractivity contribution in [3.63, 3.8) is 0 Å². The number of para-hydroxylation sites is 1. The number of aromatic nitrogens is 1. The van der Waals surface area contributed by atoms with Crippen LogP contribution in [0.3, 0.4) is 0 Å². The number of hydrogen-bond donors (Lipinski definition) is 0. The largest absolute Gasteiger partial charge is 0.369 e. The number of benzene rings is 2. The van der Waals surface area contributed by atoms with Crippen LogP contribution in [0.25, 0.3) is 10.9 Å². The average molecular weight is 331 g/mol. The Labute approximate surface area is 149 Å². The number of nitrogens with zero attached hydrogens (tertiary/aromatic N) is 3. The Morgan fingerprint density at radius 3 is 2.52 bits per heavy atom. The summed E-state index contributed by atoms with van der Waals surface area (Å²) < 4.78 is 0. The number of anilines is 1. The van der Waals surface area contributed by atoms with Crippen molar-refractivity contribution >= 4 is 16.6 Å². The molecule has 0 N–H and O–H groups in total. The molecule has 0 aliphatic carbocycles. The van der Waals surface area contributed by atoms with Gasteiger partial charge in [0.2, 0.25) is 0 Å². The maximum absolute atomic E-state index is 4.82. The highest BCUT2D eigenvalue weighted by Gasteiger charge is 2.19. The smallest absolute Gasteiger partial charge is 0.0705 e. The van der Waals surface area contributed by atoms with Gasteiger partial charge in [-0.05, 0) is 43.2 Å². The third kappa shape index (κ3) is 3.52. The van der Waals surface area contributed by atoms with Crippen LogP contribution in [0.5, 0.6) is 0 Å². The summed E-state index contributed by atoms with van der Waals surface area (Å²) in [5.41, 5.74) is 6.36. The number of hydrogen-bond acceptors (Lipinski definition) is 3. The molecule has 0 spiro atoms. The molecule has 1 aliphatic heterocycles. The van der Waals surface area contributed by atoms with Crippen molar-refractivity contribution in [1.82, 2.24) is 9.88 Å². The van der Waals surface area contributed by atoms with Gasteiger partial charge in [0.05, 0.1) is 11.2 Å². The summed E-state index contributed by atoms with van der Waals surface area (Å²) in [6.45, 7) is 9.65. The van der Waals surface area contributed by atoms with Crippen LogP contribution in [0.2, 0.25) is 0 Å². The van der Waals surface area contributed by atoms with E-state index in [2.05, 4.69) is 78.2 Å². The van der Waals surface area contributed by atoms with Gasteiger partial charge in [0.25, 0.3) is 0 Å². The first kappa shape index (κ1) is 16.1. The van der Waals surface area contributed by atoms with Crippen molar-refractivity contribution in [2.24, 2.45) is 0 Å². The van der Waals surface area contributed by atoms with E-state index < -0.39 is 0 Å². The fourth-order valence-electron chi connectivity index (χ4n) is 3.63. The predicted molar refractivity (Wildman–Crippen MR) is 105 cm³/mol. The van der Waals surface area contributed by atoms with Gasteiger partial charge < -0.3 is 4.90 Å². The van der Waals surface area contributed by atoms with E-state index in [-0.39, 0.29) is 0 Å². The Bertz CT molecular complexity index is 879. The van der Waals surface area contributed by atoms with Crippen molar-refractivity contribution in [2.75, 3.05) is 31.1 Å². The average Bonchev–Trinajstić information content (AvgIpc) is 2.64. The Morgan fingerprint density at radius 1 is 0.880 bits per heavy atom. The summed E-state index contributed by atoms with van der Waals surface area (Å²) in [5, 5.41) is 1.21. The van der Waals surface area contributed by atoms with Gasteiger partial charge in [-0.2, -0.15) is 0 Å². The number of piperazine rings is 1. The van der Waals surface area contributed by atoms with Crippen LogP contribution in [-0.2, 0) is 6.54 Å². The minimum atomic E-state index is 0.936. The molecule has 2 aromatic carbocycles. The molecule has 0 saturated carbocycles. The molecule has 128 valence electrons. The maximum atomic E-state index is 4.82. The van der Waals surface area contributed by atoms with Gasteiger partial charge in [-0.3, -0.25) is 9.88 Å². The van der Waals surface area contributed by atoms with E-state index in [1.54, 1.807) is 0 Å². The lowest BCUT2D eigenvalue weighted by atomic mass is 10.1. The first-order chi connectivity index (χ1) is 12.2. The topological polar surface area (TPSA) is 19.4 Å². The van der Waals surface area contributed by atoms with Crippen LogP contribution < -0.4 is 4.90 Å². The zero-order valence-electron chi connectivity index (χ0n) is 15.1. The van der Waals surface area contributed by atoms with E-state index in [9.17, 15) is 0 Å². The van der Waals surface area contributed by atoms with Crippen molar-refractivity contribution in [1.29, 1.82) is 0 Å². The molecule has 1 saturated heterocycles. The molecule has 0 atom stereocenters. The summed E-state index contributed by atoms with van der Waals surface area (Å²) in [5.74, 6) is 0. The van der Waals surface area contributed by atoms with Gasteiger partial charge >= 0.3 is 0 Å². The maximum Gasteiger partial charge on any atom is 0.0705 e. The third-order valence-corrected chi connectivity index (χ3v) is 5.12. The molecule has 25 heavy (non-hydrogen) atoms. The number of fused-ring (bicyclic) bond motifs is 1. The molecular weight excluding hydrogens is 306 g/mol. The van der Waals surface area contributed by atoms with Gasteiger partial charge in [0, 0.05) is 43.8 Å². The molecule has 0 amide bonds. The quantitative estimate of drug-likeness (QED) is 0.718. The Morgan fingerprint density at radius 2 is 1.68 bits per heavy atom. The van der Waals surface area contributed by atoms with Crippen LogP contribution in [0.4, 0.5) is 5.69 Å².